The molecule has 1 aromatic carbocycles. The van der Waals surface area contributed by atoms with Gasteiger partial charge in [-0.15, -0.1) is 0 Å². The van der Waals surface area contributed by atoms with E-state index >= 15 is 0 Å². The first-order valence-corrected chi connectivity index (χ1v) is 8.62. The molecule has 25 heavy (non-hydrogen) atoms. The number of hydrogen-bond donors (Lipinski definition) is 0. The van der Waals surface area contributed by atoms with Crippen LogP contribution in [-0.4, -0.2) is 39.3 Å². The molecule has 0 saturated carbocycles. The van der Waals surface area contributed by atoms with Crippen LogP contribution in [0.3, 0.4) is 0 Å². The van der Waals surface area contributed by atoms with Gasteiger partial charge in [-0.1, -0.05) is 6.07 Å². The fourth-order valence-electron chi connectivity index (χ4n) is 3.23. The van der Waals surface area contributed by atoms with Gasteiger partial charge in [-0.3, -0.25) is 9.48 Å². The van der Waals surface area contributed by atoms with Gasteiger partial charge in [0, 0.05) is 18.9 Å². The molecule has 0 radical (unpaired) electrons. The zero-order chi connectivity index (χ0) is 17.6. The van der Waals surface area contributed by atoms with Crippen LogP contribution in [0.4, 0.5) is 0 Å². The summed E-state index contributed by atoms with van der Waals surface area (Å²) in [6, 6.07) is 11.0. The van der Waals surface area contributed by atoms with Gasteiger partial charge in [0.25, 0.3) is 5.91 Å². The second kappa shape index (κ2) is 7.84. The van der Waals surface area contributed by atoms with Crippen molar-refractivity contribution in [3.63, 3.8) is 0 Å². The standard InChI is InChI=1S/C19H22N4O2/c1-15(25-18-8-4-6-16(12-18)13-20)19(24)23-11-3-2-7-17(23)14-22-10-5-9-21-22/h4-6,8-10,12,15,17H,2-3,7,11,14H2,1H3/t15-,17+/m1/s1. The Bertz CT molecular complexity index is 751. The first kappa shape index (κ1) is 17.0. The summed E-state index contributed by atoms with van der Waals surface area (Å²) in [6.45, 7) is 3.22. The predicted octanol–water partition coefficient (Wildman–Crippen LogP) is 2.60. The Hall–Kier alpha value is -2.81. The van der Waals surface area contributed by atoms with Crippen LogP contribution >= 0.6 is 0 Å². The van der Waals surface area contributed by atoms with Crippen molar-refractivity contribution in [2.75, 3.05) is 6.54 Å². The van der Waals surface area contributed by atoms with Crippen molar-refractivity contribution in [3.05, 3.63) is 48.3 Å². The van der Waals surface area contributed by atoms with Crippen molar-refractivity contribution in [3.8, 4) is 11.8 Å². The number of carbonyl (C=O) groups excluding carboxylic acids is 1. The lowest BCUT2D eigenvalue weighted by molar-refractivity contribution is -0.142. The molecular weight excluding hydrogens is 316 g/mol. The van der Waals surface area contributed by atoms with E-state index in [-0.39, 0.29) is 11.9 Å². The van der Waals surface area contributed by atoms with Crippen LogP contribution in [0.5, 0.6) is 5.75 Å². The fraction of sp³-hybridized carbons (Fsp3) is 0.421. The van der Waals surface area contributed by atoms with Crippen LogP contribution in [0.2, 0.25) is 0 Å². The minimum Gasteiger partial charge on any atom is -0.481 e. The SMILES string of the molecule is C[C@@H](Oc1cccc(C#N)c1)C(=O)N1CCCC[C@H]1Cn1cccn1. The average Bonchev–Trinajstić information content (AvgIpc) is 3.15. The molecule has 130 valence electrons. The van der Waals surface area contributed by atoms with E-state index in [1.807, 2.05) is 21.8 Å². The largest absolute Gasteiger partial charge is 0.481 e. The summed E-state index contributed by atoms with van der Waals surface area (Å²) in [5, 5.41) is 13.2. The van der Waals surface area contributed by atoms with Gasteiger partial charge in [-0.25, -0.2) is 0 Å². The van der Waals surface area contributed by atoms with Crippen LogP contribution in [0.25, 0.3) is 0 Å². The van der Waals surface area contributed by atoms with Crippen LogP contribution < -0.4 is 4.74 Å². The summed E-state index contributed by atoms with van der Waals surface area (Å²) in [6.07, 6.45) is 6.19. The van der Waals surface area contributed by atoms with Gasteiger partial charge in [0.05, 0.1) is 24.2 Å². The molecule has 2 aromatic rings. The van der Waals surface area contributed by atoms with Crippen molar-refractivity contribution >= 4 is 5.91 Å². The number of carbonyl (C=O) groups is 1. The highest BCUT2D eigenvalue weighted by atomic mass is 16.5. The van der Waals surface area contributed by atoms with E-state index in [9.17, 15) is 4.79 Å². The summed E-state index contributed by atoms with van der Waals surface area (Å²) in [5.41, 5.74) is 0.520. The van der Waals surface area contributed by atoms with Gasteiger partial charge in [-0.05, 0) is 50.5 Å². The minimum absolute atomic E-state index is 0.0146. The second-order valence-corrected chi connectivity index (χ2v) is 6.31. The highest BCUT2D eigenvalue weighted by Crippen LogP contribution is 2.21. The molecule has 1 aliphatic heterocycles. The maximum atomic E-state index is 12.9. The number of nitriles is 1. The van der Waals surface area contributed by atoms with E-state index in [0.29, 0.717) is 17.9 Å². The Kier molecular flexibility index (Phi) is 5.34. The first-order valence-electron chi connectivity index (χ1n) is 8.62. The smallest absolute Gasteiger partial charge is 0.263 e. The number of aromatic nitrogens is 2. The lowest BCUT2D eigenvalue weighted by Gasteiger charge is -2.37. The molecule has 1 aromatic heterocycles. The number of benzene rings is 1. The molecule has 0 bridgehead atoms. The van der Waals surface area contributed by atoms with Crippen molar-refractivity contribution in [1.29, 1.82) is 5.26 Å². The van der Waals surface area contributed by atoms with Gasteiger partial charge < -0.3 is 9.64 Å². The topological polar surface area (TPSA) is 71.2 Å². The molecule has 6 nitrogen and oxygen atoms in total. The van der Waals surface area contributed by atoms with E-state index in [4.69, 9.17) is 10.00 Å². The zero-order valence-electron chi connectivity index (χ0n) is 14.3. The predicted molar refractivity (Wildman–Crippen MR) is 92.8 cm³/mol. The van der Waals surface area contributed by atoms with E-state index in [0.717, 1.165) is 25.8 Å². The Morgan fingerprint density at radius 3 is 3.08 bits per heavy atom. The molecule has 3 rings (SSSR count). The summed E-state index contributed by atoms with van der Waals surface area (Å²) in [7, 11) is 0. The zero-order valence-corrected chi connectivity index (χ0v) is 14.3. The number of hydrogen-bond acceptors (Lipinski definition) is 4. The van der Waals surface area contributed by atoms with E-state index in [2.05, 4.69) is 11.2 Å². The van der Waals surface area contributed by atoms with Crippen molar-refractivity contribution in [1.82, 2.24) is 14.7 Å². The normalized spacial score (nSPS) is 18.4. The minimum atomic E-state index is -0.591. The Morgan fingerprint density at radius 1 is 1.44 bits per heavy atom. The van der Waals surface area contributed by atoms with Crippen molar-refractivity contribution in [2.24, 2.45) is 0 Å². The van der Waals surface area contributed by atoms with Gasteiger partial charge in [0.2, 0.25) is 0 Å². The number of piperidine rings is 1. The lowest BCUT2D eigenvalue weighted by Crippen LogP contribution is -2.50. The monoisotopic (exact) mass is 338 g/mol. The number of nitrogens with zero attached hydrogens (tertiary/aromatic N) is 4. The molecule has 1 saturated heterocycles. The molecule has 1 aliphatic rings. The first-order chi connectivity index (χ1) is 12.2. The Balaban J connectivity index is 1.67. The number of ether oxygens (including phenoxy) is 1. The average molecular weight is 338 g/mol. The molecule has 0 aliphatic carbocycles. The quantitative estimate of drug-likeness (QED) is 0.840. The third-order valence-corrected chi connectivity index (χ3v) is 4.49. The molecule has 0 N–H and O–H groups in total. The number of rotatable bonds is 5. The fourth-order valence-corrected chi connectivity index (χ4v) is 3.23. The number of amides is 1. The highest BCUT2D eigenvalue weighted by Gasteiger charge is 2.31. The van der Waals surface area contributed by atoms with Crippen LogP contribution in [0.1, 0.15) is 31.7 Å². The maximum absolute atomic E-state index is 12.9. The third kappa shape index (κ3) is 4.18. The lowest BCUT2D eigenvalue weighted by atomic mass is 10.0. The van der Waals surface area contributed by atoms with E-state index in [1.54, 1.807) is 37.4 Å². The van der Waals surface area contributed by atoms with Gasteiger partial charge in [-0.2, -0.15) is 10.4 Å². The Labute approximate surface area is 147 Å². The Morgan fingerprint density at radius 2 is 2.32 bits per heavy atom. The van der Waals surface area contributed by atoms with Crippen molar-refractivity contribution < 1.29 is 9.53 Å². The molecule has 0 spiro atoms. The van der Waals surface area contributed by atoms with Crippen molar-refractivity contribution in [2.45, 2.75) is 44.9 Å². The maximum Gasteiger partial charge on any atom is 0.263 e. The van der Waals surface area contributed by atoms with E-state index in [1.165, 1.54) is 0 Å². The van der Waals surface area contributed by atoms with Crippen LogP contribution in [0, 0.1) is 11.3 Å². The molecule has 6 heteroatoms. The van der Waals surface area contributed by atoms with E-state index < -0.39 is 6.10 Å². The molecule has 1 amide bonds. The second-order valence-electron chi connectivity index (χ2n) is 6.31. The molecular formula is C19H22N4O2. The number of likely N-dealkylation sites (tertiary alicyclic amines) is 1. The molecule has 2 heterocycles. The summed E-state index contributed by atoms with van der Waals surface area (Å²) >= 11 is 0. The highest BCUT2D eigenvalue weighted by molar-refractivity contribution is 5.81. The molecule has 0 unspecified atom stereocenters. The van der Waals surface area contributed by atoms with Gasteiger partial charge in [0.15, 0.2) is 6.10 Å². The summed E-state index contributed by atoms with van der Waals surface area (Å²) in [4.78, 5) is 14.8. The summed E-state index contributed by atoms with van der Waals surface area (Å²) in [5.74, 6) is 0.528. The molecule has 2 atom stereocenters. The van der Waals surface area contributed by atoms with Gasteiger partial charge in [0.1, 0.15) is 5.75 Å². The van der Waals surface area contributed by atoms with Crippen LogP contribution in [0.15, 0.2) is 42.7 Å². The summed E-state index contributed by atoms with van der Waals surface area (Å²) < 4.78 is 7.66. The van der Waals surface area contributed by atoms with Crippen LogP contribution in [-0.2, 0) is 11.3 Å². The molecule has 1 fully saturated rings. The van der Waals surface area contributed by atoms with Gasteiger partial charge >= 0.3 is 0 Å². The third-order valence-electron chi connectivity index (χ3n) is 4.49.